The lowest BCUT2D eigenvalue weighted by atomic mass is 10.2. The first-order valence-electron chi connectivity index (χ1n) is 8.55. The van der Waals surface area contributed by atoms with Crippen LogP contribution in [0.1, 0.15) is 38.1 Å². The molecule has 0 bridgehead atoms. The molecule has 1 rings (SSSR count). The van der Waals surface area contributed by atoms with Gasteiger partial charge in [0.15, 0.2) is 13.1 Å². The molecule has 0 aromatic heterocycles. The summed E-state index contributed by atoms with van der Waals surface area (Å²) in [7, 11) is 0. The summed E-state index contributed by atoms with van der Waals surface area (Å²) in [5.74, 6) is -0.644. The minimum Gasteiger partial charge on any atom is -0.462 e. The molecule has 0 fully saturated rings. The van der Waals surface area contributed by atoms with Gasteiger partial charge in [-0.15, -0.1) is 0 Å². The summed E-state index contributed by atoms with van der Waals surface area (Å²) in [5.41, 5.74) is 1.03. The summed E-state index contributed by atoms with van der Waals surface area (Å²) in [6.45, 7) is 8.91. The van der Waals surface area contributed by atoms with E-state index in [0.717, 1.165) is 4.90 Å². The smallest absolute Gasteiger partial charge is 0.338 e. The molecule has 1 unspecified atom stereocenters. The predicted molar refractivity (Wildman–Crippen MR) is 95.5 cm³/mol. The van der Waals surface area contributed by atoms with Gasteiger partial charge in [-0.25, -0.2) is 4.79 Å². The molecule has 1 aromatic rings. The van der Waals surface area contributed by atoms with E-state index < -0.39 is 5.97 Å². The molecule has 25 heavy (non-hydrogen) atoms. The Kier molecular flexibility index (Phi) is 8.63. The summed E-state index contributed by atoms with van der Waals surface area (Å²) in [4.78, 5) is 36.4. The number of anilines is 1. The molecule has 2 amide bonds. The molecule has 0 aliphatic carbocycles. The Morgan fingerprint density at radius 2 is 1.64 bits per heavy atom. The lowest BCUT2D eigenvalue weighted by molar-refractivity contribution is -0.881. The summed E-state index contributed by atoms with van der Waals surface area (Å²) >= 11 is 0. The van der Waals surface area contributed by atoms with Crippen LogP contribution < -0.4 is 15.5 Å². The van der Waals surface area contributed by atoms with E-state index in [9.17, 15) is 14.4 Å². The minimum atomic E-state index is -0.391. The maximum absolute atomic E-state index is 12.2. The highest BCUT2D eigenvalue weighted by Crippen LogP contribution is 2.10. The zero-order valence-electron chi connectivity index (χ0n) is 15.3. The van der Waals surface area contributed by atoms with Crippen molar-refractivity contribution in [2.75, 3.05) is 31.6 Å². The number of esters is 1. The number of ether oxygens (including phenoxy) is 1. The Bertz CT molecular complexity index is 584. The van der Waals surface area contributed by atoms with Crippen LogP contribution in [0.15, 0.2) is 24.3 Å². The van der Waals surface area contributed by atoms with Gasteiger partial charge in [-0.3, -0.25) is 9.59 Å². The molecule has 0 spiro atoms. The van der Waals surface area contributed by atoms with Gasteiger partial charge in [0, 0.05) is 11.7 Å². The quantitative estimate of drug-likeness (QED) is 0.556. The third-order valence-electron chi connectivity index (χ3n) is 3.45. The van der Waals surface area contributed by atoms with Crippen molar-refractivity contribution in [1.82, 2.24) is 5.32 Å². The molecule has 0 saturated heterocycles. The summed E-state index contributed by atoms with van der Waals surface area (Å²) < 4.78 is 4.91. The second kappa shape index (κ2) is 10.5. The molecular weight excluding hydrogens is 322 g/mol. The molecule has 0 heterocycles. The average molecular weight is 350 g/mol. The lowest BCUT2D eigenvalue weighted by Crippen LogP contribution is -3.14. The van der Waals surface area contributed by atoms with E-state index in [-0.39, 0.29) is 30.9 Å². The second-order valence-corrected chi connectivity index (χ2v) is 6.03. The maximum atomic E-state index is 12.2. The van der Waals surface area contributed by atoms with E-state index in [4.69, 9.17) is 4.74 Å². The van der Waals surface area contributed by atoms with Crippen molar-refractivity contribution in [3.63, 3.8) is 0 Å². The van der Waals surface area contributed by atoms with Crippen LogP contribution in [0.25, 0.3) is 0 Å². The highest BCUT2D eigenvalue weighted by atomic mass is 16.5. The molecule has 7 heteroatoms. The fourth-order valence-corrected chi connectivity index (χ4v) is 2.25. The number of nitrogens with one attached hydrogen (secondary N) is 3. The molecule has 1 atom stereocenters. The Morgan fingerprint density at radius 1 is 1.04 bits per heavy atom. The first kappa shape index (κ1) is 20.6. The van der Waals surface area contributed by atoms with E-state index in [1.54, 1.807) is 31.2 Å². The number of likely N-dealkylation sites (N-methyl/N-ethyl adjacent to an activating group) is 1. The van der Waals surface area contributed by atoms with Crippen LogP contribution in [0.5, 0.6) is 0 Å². The number of hydrogen-bond donors (Lipinski definition) is 3. The SMILES string of the molecule is CCOC(=O)c1ccc(NC(=O)C[NH+](CC)CC(=O)NC(C)C)cc1. The third kappa shape index (κ3) is 7.80. The third-order valence-corrected chi connectivity index (χ3v) is 3.45. The van der Waals surface area contributed by atoms with Crippen molar-refractivity contribution in [3.8, 4) is 0 Å². The Labute approximate surface area is 148 Å². The largest absolute Gasteiger partial charge is 0.462 e. The standard InChI is InChI=1S/C18H27N3O4/c1-5-21(11-16(22)19-13(3)4)12-17(23)20-15-9-7-14(8-10-15)18(24)25-6-2/h7-10,13H,5-6,11-12H2,1-4H3,(H,19,22)(H,20,23)/p+1. The zero-order chi connectivity index (χ0) is 18.8. The van der Waals surface area contributed by atoms with Gasteiger partial charge in [-0.05, 0) is 52.0 Å². The van der Waals surface area contributed by atoms with Gasteiger partial charge in [0.1, 0.15) is 0 Å². The molecule has 3 N–H and O–H groups in total. The van der Waals surface area contributed by atoms with Crippen LogP contribution >= 0.6 is 0 Å². The van der Waals surface area contributed by atoms with E-state index in [1.165, 1.54) is 0 Å². The number of carbonyl (C=O) groups excluding carboxylic acids is 3. The minimum absolute atomic E-state index is 0.0709. The van der Waals surface area contributed by atoms with Crippen LogP contribution in [0.2, 0.25) is 0 Å². The summed E-state index contributed by atoms with van der Waals surface area (Å²) in [6, 6.07) is 6.60. The first-order valence-corrected chi connectivity index (χ1v) is 8.55. The molecule has 1 aromatic carbocycles. The Balaban J connectivity index is 2.54. The Morgan fingerprint density at radius 3 is 2.16 bits per heavy atom. The number of benzene rings is 1. The van der Waals surface area contributed by atoms with Gasteiger partial charge in [-0.1, -0.05) is 0 Å². The van der Waals surface area contributed by atoms with E-state index >= 15 is 0 Å². The van der Waals surface area contributed by atoms with Crippen molar-refractivity contribution in [2.24, 2.45) is 0 Å². The molecular formula is C18H28N3O4+. The normalized spacial score (nSPS) is 11.7. The number of hydrogen-bond acceptors (Lipinski definition) is 4. The van der Waals surface area contributed by atoms with E-state index in [1.807, 2.05) is 20.8 Å². The van der Waals surface area contributed by atoms with Crippen LogP contribution in [0.4, 0.5) is 5.69 Å². The summed E-state index contributed by atoms with van der Waals surface area (Å²) in [5, 5.41) is 5.60. The van der Waals surface area contributed by atoms with Gasteiger partial charge in [0.2, 0.25) is 0 Å². The Hall–Kier alpha value is -2.41. The number of amides is 2. The highest BCUT2D eigenvalue weighted by Gasteiger charge is 2.17. The molecule has 0 saturated carbocycles. The van der Waals surface area contributed by atoms with Crippen molar-refractivity contribution in [3.05, 3.63) is 29.8 Å². The highest BCUT2D eigenvalue weighted by molar-refractivity contribution is 5.93. The second-order valence-electron chi connectivity index (χ2n) is 6.03. The van der Waals surface area contributed by atoms with Gasteiger partial charge < -0.3 is 20.3 Å². The molecule has 138 valence electrons. The molecule has 0 radical (unpaired) electrons. The van der Waals surface area contributed by atoms with Crippen molar-refractivity contribution in [1.29, 1.82) is 0 Å². The van der Waals surface area contributed by atoms with Crippen molar-refractivity contribution in [2.45, 2.75) is 33.7 Å². The van der Waals surface area contributed by atoms with Gasteiger partial charge in [0.05, 0.1) is 18.7 Å². The average Bonchev–Trinajstić information content (AvgIpc) is 2.54. The van der Waals surface area contributed by atoms with Crippen LogP contribution in [0.3, 0.4) is 0 Å². The lowest BCUT2D eigenvalue weighted by Gasteiger charge is -2.17. The molecule has 7 nitrogen and oxygen atoms in total. The first-order chi connectivity index (χ1) is 11.8. The van der Waals surface area contributed by atoms with Crippen molar-refractivity contribution >= 4 is 23.5 Å². The van der Waals surface area contributed by atoms with Gasteiger partial charge in [0.25, 0.3) is 11.8 Å². The van der Waals surface area contributed by atoms with Crippen LogP contribution in [-0.4, -0.2) is 50.1 Å². The number of quaternary nitrogens is 1. The van der Waals surface area contributed by atoms with Crippen LogP contribution in [-0.2, 0) is 14.3 Å². The number of carbonyl (C=O) groups is 3. The predicted octanol–water partition coefficient (Wildman–Crippen LogP) is 0.231. The number of rotatable bonds is 9. The zero-order valence-corrected chi connectivity index (χ0v) is 15.3. The fourth-order valence-electron chi connectivity index (χ4n) is 2.25. The van der Waals surface area contributed by atoms with Crippen molar-refractivity contribution < 1.29 is 24.0 Å². The van der Waals surface area contributed by atoms with Gasteiger partial charge >= 0.3 is 5.97 Å². The van der Waals surface area contributed by atoms with E-state index in [2.05, 4.69) is 10.6 Å². The van der Waals surface area contributed by atoms with Gasteiger partial charge in [-0.2, -0.15) is 0 Å². The molecule has 0 aliphatic rings. The fraction of sp³-hybridized carbons (Fsp3) is 0.500. The summed E-state index contributed by atoms with van der Waals surface area (Å²) in [6.07, 6.45) is 0. The van der Waals surface area contributed by atoms with E-state index in [0.29, 0.717) is 24.4 Å². The topological polar surface area (TPSA) is 88.9 Å². The monoisotopic (exact) mass is 350 g/mol. The van der Waals surface area contributed by atoms with Crippen LogP contribution in [0, 0.1) is 0 Å². The maximum Gasteiger partial charge on any atom is 0.338 e. The molecule has 0 aliphatic heterocycles.